The Bertz CT molecular complexity index is 598. The van der Waals surface area contributed by atoms with Crippen LogP contribution in [0.5, 0.6) is 0 Å². The average Bonchev–Trinajstić information content (AvgIpc) is 2.80. The van der Waals surface area contributed by atoms with Crippen molar-refractivity contribution < 1.29 is 0 Å². The van der Waals surface area contributed by atoms with Gasteiger partial charge < -0.3 is 14.8 Å². The maximum atomic E-state index is 6.05. The summed E-state index contributed by atoms with van der Waals surface area (Å²) in [7, 11) is 2.17. The lowest BCUT2D eigenvalue weighted by molar-refractivity contribution is 0.328. The summed E-state index contributed by atoms with van der Waals surface area (Å²) in [5.74, 6) is 0.875. The first-order valence-corrected chi connectivity index (χ1v) is 7.38. The molecule has 108 valence electrons. The van der Waals surface area contributed by atoms with Gasteiger partial charge in [0, 0.05) is 19.1 Å². The van der Waals surface area contributed by atoms with Crippen LogP contribution in [0.2, 0.25) is 5.28 Å². The molecule has 1 N–H and O–H groups in total. The largest absolute Gasteiger partial charge is 0.350 e. The lowest BCUT2D eigenvalue weighted by Crippen LogP contribution is -2.40. The summed E-state index contributed by atoms with van der Waals surface area (Å²) in [5, 5.41) is 0.257. The fourth-order valence-corrected chi connectivity index (χ4v) is 3.03. The lowest BCUT2D eigenvalue weighted by atomic mass is 10.2. The third-order valence-electron chi connectivity index (χ3n) is 3.88. The van der Waals surface area contributed by atoms with Gasteiger partial charge in [0.2, 0.25) is 5.28 Å². The van der Waals surface area contributed by atoms with Crippen LogP contribution in [0, 0.1) is 0 Å². The molecule has 2 aromatic rings. The minimum Gasteiger partial charge on any atom is -0.350 e. The molecule has 1 fully saturated rings. The first-order valence-electron chi connectivity index (χ1n) is 7.01. The third-order valence-corrected chi connectivity index (χ3v) is 4.05. The van der Waals surface area contributed by atoms with Crippen LogP contribution in [0.15, 0.2) is 6.33 Å². The van der Waals surface area contributed by atoms with E-state index in [0.717, 1.165) is 43.8 Å². The van der Waals surface area contributed by atoms with Crippen molar-refractivity contribution in [1.82, 2.24) is 24.8 Å². The van der Waals surface area contributed by atoms with Crippen LogP contribution in [0.4, 0.5) is 5.82 Å². The summed E-state index contributed by atoms with van der Waals surface area (Å²) < 4.78 is 0. The zero-order valence-electron chi connectivity index (χ0n) is 11.8. The van der Waals surface area contributed by atoms with Crippen LogP contribution in [0.1, 0.15) is 19.8 Å². The molecule has 1 atom stereocenters. The molecule has 1 aliphatic heterocycles. The van der Waals surface area contributed by atoms with E-state index in [9.17, 15) is 0 Å². The van der Waals surface area contributed by atoms with E-state index in [1.165, 1.54) is 0 Å². The number of anilines is 1. The molecule has 7 heteroatoms. The Labute approximate surface area is 123 Å². The Morgan fingerprint density at radius 2 is 2.25 bits per heavy atom. The molecule has 1 unspecified atom stereocenters. The topological polar surface area (TPSA) is 60.9 Å². The first-order chi connectivity index (χ1) is 9.69. The summed E-state index contributed by atoms with van der Waals surface area (Å²) in [5.41, 5.74) is 1.50. The Balaban J connectivity index is 2.05. The Morgan fingerprint density at radius 1 is 1.40 bits per heavy atom. The van der Waals surface area contributed by atoms with Gasteiger partial charge in [-0.25, -0.2) is 4.98 Å². The molecule has 3 heterocycles. The minimum absolute atomic E-state index is 0.257. The summed E-state index contributed by atoms with van der Waals surface area (Å²) in [6.45, 7) is 5.33. The molecule has 0 aromatic carbocycles. The van der Waals surface area contributed by atoms with Crippen molar-refractivity contribution >= 4 is 28.6 Å². The smallest absolute Gasteiger partial charge is 0.226 e. The number of rotatable bonds is 2. The second kappa shape index (κ2) is 5.54. The number of fused-ring (bicyclic) bond motifs is 1. The van der Waals surface area contributed by atoms with Gasteiger partial charge in [0.1, 0.15) is 5.52 Å². The first kappa shape index (κ1) is 13.6. The number of halogens is 1. The van der Waals surface area contributed by atoms with E-state index in [4.69, 9.17) is 11.6 Å². The van der Waals surface area contributed by atoms with E-state index in [1.807, 2.05) is 0 Å². The van der Waals surface area contributed by atoms with Crippen molar-refractivity contribution in [3.8, 4) is 0 Å². The molecular formula is C13H19ClN6. The van der Waals surface area contributed by atoms with Crippen molar-refractivity contribution in [3.63, 3.8) is 0 Å². The van der Waals surface area contributed by atoms with E-state index in [1.54, 1.807) is 6.33 Å². The van der Waals surface area contributed by atoms with Crippen molar-refractivity contribution in [1.29, 1.82) is 0 Å². The predicted octanol–water partition coefficient (Wildman–Crippen LogP) is 1.93. The molecule has 0 saturated carbocycles. The van der Waals surface area contributed by atoms with E-state index in [-0.39, 0.29) is 5.28 Å². The number of nitrogens with one attached hydrogen (secondary N) is 1. The van der Waals surface area contributed by atoms with Gasteiger partial charge >= 0.3 is 0 Å². The van der Waals surface area contributed by atoms with Gasteiger partial charge in [0.05, 0.1) is 6.33 Å². The number of H-pyrrole nitrogens is 1. The number of likely N-dealkylation sites (N-methyl/N-ethyl adjacent to an activating group) is 1. The Hall–Kier alpha value is -1.40. The molecule has 0 radical (unpaired) electrons. The fourth-order valence-electron chi connectivity index (χ4n) is 2.87. The van der Waals surface area contributed by atoms with Crippen LogP contribution in [0.25, 0.3) is 11.2 Å². The van der Waals surface area contributed by atoms with E-state index in [0.29, 0.717) is 11.7 Å². The highest BCUT2D eigenvalue weighted by molar-refractivity contribution is 6.28. The Kier molecular flexibility index (Phi) is 3.76. The van der Waals surface area contributed by atoms with Crippen LogP contribution >= 0.6 is 11.6 Å². The number of nitrogens with zero attached hydrogens (tertiary/aromatic N) is 5. The molecular weight excluding hydrogens is 276 g/mol. The number of hydrogen-bond acceptors (Lipinski definition) is 5. The van der Waals surface area contributed by atoms with E-state index < -0.39 is 0 Å². The van der Waals surface area contributed by atoms with Gasteiger partial charge in [-0.2, -0.15) is 9.97 Å². The molecule has 0 amide bonds. The molecule has 2 aromatic heterocycles. The summed E-state index contributed by atoms with van der Waals surface area (Å²) in [4.78, 5) is 20.7. The molecule has 0 aliphatic carbocycles. The van der Waals surface area contributed by atoms with Gasteiger partial charge in [-0.15, -0.1) is 0 Å². The highest BCUT2D eigenvalue weighted by Crippen LogP contribution is 2.26. The monoisotopic (exact) mass is 294 g/mol. The molecule has 0 bridgehead atoms. The number of aromatic nitrogens is 4. The summed E-state index contributed by atoms with van der Waals surface area (Å²) in [6, 6.07) is 0.431. The van der Waals surface area contributed by atoms with Crippen LogP contribution in [-0.4, -0.2) is 57.6 Å². The fraction of sp³-hybridized carbons (Fsp3) is 0.615. The third kappa shape index (κ3) is 2.45. The second-order valence-corrected chi connectivity index (χ2v) is 5.63. The van der Waals surface area contributed by atoms with Crippen molar-refractivity contribution in [2.24, 2.45) is 0 Å². The zero-order valence-corrected chi connectivity index (χ0v) is 12.6. The van der Waals surface area contributed by atoms with Crippen LogP contribution < -0.4 is 4.90 Å². The van der Waals surface area contributed by atoms with E-state index in [2.05, 4.69) is 43.7 Å². The Morgan fingerprint density at radius 3 is 3.05 bits per heavy atom. The molecule has 1 aliphatic rings. The molecule has 6 nitrogen and oxygen atoms in total. The van der Waals surface area contributed by atoms with Gasteiger partial charge in [-0.1, -0.05) is 6.92 Å². The quantitative estimate of drug-likeness (QED) is 0.858. The molecule has 1 saturated heterocycles. The second-order valence-electron chi connectivity index (χ2n) is 5.29. The number of aromatic amines is 1. The van der Waals surface area contributed by atoms with Crippen molar-refractivity contribution in [2.45, 2.75) is 25.8 Å². The van der Waals surface area contributed by atoms with Crippen molar-refractivity contribution in [3.05, 3.63) is 11.6 Å². The summed E-state index contributed by atoms with van der Waals surface area (Å²) in [6.07, 6.45) is 3.83. The number of imidazole rings is 1. The minimum atomic E-state index is 0.257. The predicted molar refractivity (Wildman–Crippen MR) is 80.2 cm³/mol. The van der Waals surface area contributed by atoms with Gasteiger partial charge in [0.15, 0.2) is 11.5 Å². The van der Waals surface area contributed by atoms with Gasteiger partial charge in [-0.3, -0.25) is 0 Å². The van der Waals surface area contributed by atoms with Gasteiger partial charge in [0.25, 0.3) is 0 Å². The summed E-state index contributed by atoms with van der Waals surface area (Å²) >= 11 is 6.05. The molecule has 0 spiro atoms. The molecule has 20 heavy (non-hydrogen) atoms. The average molecular weight is 295 g/mol. The highest BCUT2D eigenvalue weighted by Gasteiger charge is 2.25. The maximum Gasteiger partial charge on any atom is 0.226 e. The zero-order chi connectivity index (χ0) is 14.1. The van der Waals surface area contributed by atoms with Crippen molar-refractivity contribution in [2.75, 3.05) is 31.6 Å². The number of hydrogen-bond donors (Lipinski definition) is 1. The molecule has 3 rings (SSSR count). The maximum absolute atomic E-state index is 6.05. The van der Waals surface area contributed by atoms with E-state index >= 15 is 0 Å². The highest BCUT2D eigenvalue weighted by atomic mass is 35.5. The van der Waals surface area contributed by atoms with Crippen LogP contribution in [0.3, 0.4) is 0 Å². The lowest BCUT2D eigenvalue weighted by Gasteiger charge is -2.31. The SMILES string of the molecule is CCC1CN(C)CCCN1c1nc(Cl)nc2nc[nH]c12. The van der Waals surface area contributed by atoms with Crippen LogP contribution in [-0.2, 0) is 0 Å². The van der Waals surface area contributed by atoms with Gasteiger partial charge in [-0.05, 0) is 38.0 Å². The standard InChI is InChI=1S/C13H19ClN6/c1-3-9-7-19(2)5-4-6-20(9)12-10-11(16-8-15-10)17-13(14)18-12/h8-9H,3-7H2,1-2H3,(H,15,16,17,18). The normalized spacial score (nSPS) is 21.4.